The number of carbonyl (C=O) groups excluding carboxylic acids is 1. The number of benzene rings is 2. The molecule has 0 atom stereocenters. The van der Waals surface area contributed by atoms with Gasteiger partial charge in [0.25, 0.3) is 0 Å². The molecule has 5 heteroatoms. The van der Waals surface area contributed by atoms with Gasteiger partial charge in [-0.1, -0.05) is 42.5 Å². The van der Waals surface area contributed by atoms with E-state index >= 15 is 0 Å². The first kappa shape index (κ1) is 19.0. The summed E-state index contributed by atoms with van der Waals surface area (Å²) >= 11 is 0. The molecule has 0 fully saturated rings. The van der Waals surface area contributed by atoms with Gasteiger partial charge in [0, 0.05) is 18.8 Å². The molecule has 134 valence electrons. The fourth-order valence-corrected chi connectivity index (χ4v) is 2.38. The van der Waals surface area contributed by atoms with E-state index in [-0.39, 0.29) is 25.3 Å². The molecule has 0 aliphatic heterocycles. The summed E-state index contributed by atoms with van der Waals surface area (Å²) in [7, 11) is 0. The van der Waals surface area contributed by atoms with Crippen LogP contribution in [0.5, 0.6) is 0 Å². The number of aliphatic hydroxyl groups is 1. The van der Waals surface area contributed by atoms with Gasteiger partial charge >= 0.3 is 6.03 Å². The van der Waals surface area contributed by atoms with Gasteiger partial charge in [0.05, 0.1) is 19.3 Å². The molecule has 0 bridgehead atoms. The molecule has 5 nitrogen and oxygen atoms in total. The van der Waals surface area contributed by atoms with Crippen LogP contribution in [0, 0.1) is 0 Å². The van der Waals surface area contributed by atoms with Crippen LogP contribution in [-0.2, 0) is 17.9 Å². The van der Waals surface area contributed by atoms with Crippen LogP contribution in [0.25, 0.3) is 0 Å². The summed E-state index contributed by atoms with van der Waals surface area (Å²) in [5.41, 5.74) is 2.74. The van der Waals surface area contributed by atoms with E-state index in [1.54, 1.807) is 4.90 Å². The van der Waals surface area contributed by atoms with Crippen LogP contribution in [0.2, 0.25) is 0 Å². The van der Waals surface area contributed by atoms with Crippen molar-refractivity contribution in [1.82, 2.24) is 4.90 Å². The lowest BCUT2D eigenvalue weighted by atomic mass is 10.2. The molecule has 2 aromatic carbocycles. The van der Waals surface area contributed by atoms with Crippen LogP contribution in [0.15, 0.2) is 54.6 Å². The van der Waals surface area contributed by atoms with E-state index in [1.807, 2.05) is 68.4 Å². The maximum atomic E-state index is 12.6. The molecule has 0 radical (unpaired) electrons. The standard InChI is InChI=1S/C20H26N2O3/c1-16(2)25-15-18-9-6-10-19(13-18)21-20(24)22(11-12-23)14-17-7-4-3-5-8-17/h3-10,13,16,23H,11-12,14-15H2,1-2H3,(H,21,24). The molecule has 0 aromatic heterocycles. The van der Waals surface area contributed by atoms with Crippen molar-refractivity contribution in [3.05, 3.63) is 65.7 Å². The third-order valence-electron chi connectivity index (χ3n) is 3.63. The zero-order valence-corrected chi connectivity index (χ0v) is 14.8. The maximum Gasteiger partial charge on any atom is 0.322 e. The van der Waals surface area contributed by atoms with Crippen molar-refractivity contribution in [1.29, 1.82) is 0 Å². The van der Waals surface area contributed by atoms with Gasteiger partial charge in [-0.15, -0.1) is 0 Å². The number of rotatable bonds is 8. The number of hydrogen-bond acceptors (Lipinski definition) is 3. The van der Waals surface area contributed by atoms with Gasteiger partial charge in [-0.2, -0.15) is 0 Å². The first-order chi connectivity index (χ1) is 12.1. The van der Waals surface area contributed by atoms with Crippen molar-refractivity contribution in [3.63, 3.8) is 0 Å². The second-order valence-electron chi connectivity index (χ2n) is 6.12. The number of nitrogens with zero attached hydrogens (tertiary/aromatic N) is 1. The minimum absolute atomic E-state index is 0.0808. The fourth-order valence-electron chi connectivity index (χ4n) is 2.38. The van der Waals surface area contributed by atoms with Crippen LogP contribution in [0.1, 0.15) is 25.0 Å². The minimum atomic E-state index is -0.236. The molecule has 0 aliphatic rings. The van der Waals surface area contributed by atoms with Gasteiger partial charge in [-0.05, 0) is 37.1 Å². The Morgan fingerprint density at radius 3 is 2.52 bits per heavy atom. The summed E-state index contributed by atoms with van der Waals surface area (Å²) < 4.78 is 5.60. The Hall–Kier alpha value is -2.37. The Morgan fingerprint density at radius 1 is 1.12 bits per heavy atom. The zero-order valence-electron chi connectivity index (χ0n) is 14.8. The molecule has 0 unspecified atom stereocenters. The molecular formula is C20H26N2O3. The summed E-state index contributed by atoms with van der Waals surface area (Å²) in [5.74, 6) is 0. The minimum Gasteiger partial charge on any atom is -0.395 e. The highest BCUT2D eigenvalue weighted by atomic mass is 16.5. The van der Waals surface area contributed by atoms with Crippen LogP contribution in [0.3, 0.4) is 0 Å². The Balaban J connectivity index is 2.01. The van der Waals surface area contributed by atoms with Crippen molar-refractivity contribution in [2.24, 2.45) is 0 Å². The average molecular weight is 342 g/mol. The molecule has 2 N–H and O–H groups in total. The largest absolute Gasteiger partial charge is 0.395 e. The average Bonchev–Trinajstić information content (AvgIpc) is 2.61. The number of anilines is 1. The Labute approximate surface area is 149 Å². The third kappa shape index (κ3) is 6.57. The predicted octanol–water partition coefficient (Wildman–Crippen LogP) is 3.64. The molecule has 0 aliphatic carbocycles. The molecule has 0 saturated carbocycles. The summed E-state index contributed by atoms with van der Waals surface area (Å²) in [4.78, 5) is 14.1. The van der Waals surface area contributed by atoms with Gasteiger partial charge < -0.3 is 20.1 Å². The molecule has 0 heterocycles. The van der Waals surface area contributed by atoms with Crippen molar-refractivity contribution < 1.29 is 14.6 Å². The van der Waals surface area contributed by atoms with Gasteiger partial charge in [0.1, 0.15) is 0 Å². The van der Waals surface area contributed by atoms with E-state index in [2.05, 4.69) is 5.32 Å². The van der Waals surface area contributed by atoms with E-state index < -0.39 is 0 Å². The first-order valence-corrected chi connectivity index (χ1v) is 8.49. The van der Waals surface area contributed by atoms with Crippen LogP contribution in [-0.4, -0.2) is 35.3 Å². The third-order valence-corrected chi connectivity index (χ3v) is 3.63. The molecule has 2 aromatic rings. The Morgan fingerprint density at radius 2 is 1.84 bits per heavy atom. The van der Waals surface area contributed by atoms with E-state index in [0.29, 0.717) is 18.8 Å². The monoisotopic (exact) mass is 342 g/mol. The number of amides is 2. The molecule has 0 saturated heterocycles. The number of carbonyl (C=O) groups is 1. The van der Waals surface area contributed by atoms with Gasteiger partial charge in [0.15, 0.2) is 0 Å². The number of nitrogens with one attached hydrogen (secondary N) is 1. The van der Waals surface area contributed by atoms with E-state index in [1.165, 1.54) is 0 Å². The lowest BCUT2D eigenvalue weighted by Crippen LogP contribution is -2.36. The van der Waals surface area contributed by atoms with Crippen LogP contribution in [0.4, 0.5) is 10.5 Å². The van der Waals surface area contributed by atoms with Crippen molar-refractivity contribution in [3.8, 4) is 0 Å². The van der Waals surface area contributed by atoms with E-state index in [0.717, 1.165) is 11.1 Å². The van der Waals surface area contributed by atoms with Gasteiger partial charge in [-0.25, -0.2) is 4.79 Å². The topological polar surface area (TPSA) is 61.8 Å². The molecule has 2 rings (SSSR count). The highest BCUT2D eigenvalue weighted by Gasteiger charge is 2.14. The van der Waals surface area contributed by atoms with E-state index in [4.69, 9.17) is 4.74 Å². The van der Waals surface area contributed by atoms with Gasteiger partial charge in [0.2, 0.25) is 0 Å². The van der Waals surface area contributed by atoms with Crippen LogP contribution < -0.4 is 5.32 Å². The lowest BCUT2D eigenvalue weighted by molar-refractivity contribution is 0.0657. The maximum absolute atomic E-state index is 12.6. The molecule has 0 spiro atoms. The zero-order chi connectivity index (χ0) is 18.1. The van der Waals surface area contributed by atoms with Crippen LogP contribution >= 0.6 is 0 Å². The first-order valence-electron chi connectivity index (χ1n) is 8.49. The Bertz CT molecular complexity index is 659. The smallest absolute Gasteiger partial charge is 0.322 e. The quantitative estimate of drug-likeness (QED) is 0.770. The number of hydrogen-bond donors (Lipinski definition) is 2. The van der Waals surface area contributed by atoms with Crippen molar-refractivity contribution >= 4 is 11.7 Å². The second kappa shape index (κ2) is 9.81. The number of ether oxygens (including phenoxy) is 1. The SMILES string of the molecule is CC(C)OCc1cccc(NC(=O)N(CCO)Cc2ccccc2)c1. The normalized spacial score (nSPS) is 10.7. The molecule has 25 heavy (non-hydrogen) atoms. The van der Waals surface area contributed by atoms with Gasteiger partial charge in [-0.3, -0.25) is 0 Å². The predicted molar refractivity (Wildman–Crippen MR) is 99.3 cm³/mol. The summed E-state index contributed by atoms with van der Waals surface area (Å²) in [6, 6.07) is 17.1. The van der Waals surface area contributed by atoms with E-state index in [9.17, 15) is 9.90 Å². The fraction of sp³-hybridized carbons (Fsp3) is 0.350. The van der Waals surface area contributed by atoms with Crippen molar-refractivity contribution in [2.75, 3.05) is 18.5 Å². The number of aliphatic hydroxyl groups excluding tert-OH is 1. The summed E-state index contributed by atoms with van der Waals surface area (Å²) in [6.07, 6.45) is 0.157. The summed E-state index contributed by atoms with van der Waals surface area (Å²) in [5, 5.41) is 12.2. The number of urea groups is 1. The van der Waals surface area contributed by atoms with Crippen molar-refractivity contribution in [2.45, 2.75) is 33.1 Å². The highest BCUT2D eigenvalue weighted by Crippen LogP contribution is 2.14. The highest BCUT2D eigenvalue weighted by molar-refractivity contribution is 5.89. The molecular weight excluding hydrogens is 316 g/mol. The Kier molecular flexibility index (Phi) is 7.44. The molecule has 2 amide bonds. The second-order valence-corrected chi connectivity index (χ2v) is 6.12. The lowest BCUT2D eigenvalue weighted by Gasteiger charge is -2.22. The summed E-state index contributed by atoms with van der Waals surface area (Å²) in [6.45, 7) is 5.12.